The van der Waals surface area contributed by atoms with Gasteiger partial charge in [0.25, 0.3) is 0 Å². The third-order valence-corrected chi connectivity index (χ3v) is 6.14. The number of hydrogen-bond donors (Lipinski definition) is 0. The van der Waals surface area contributed by atoms with E-state index in [-0.39, 0.29) is 0 Å². The highest BCUT2D eigenvalue weighted by Gasteiger charge is 2.21. The Labute approximate surface area is 232 Å². The topological polar surface area (TPSA) is 71.1 Å². The quantitative estimate of drug-likeness (QED) is 0.0950. The average Bonchev–Trinajstić information content (AvgIpc) is 2.93. The Kier molecular flexibility index (Phi) is 13.5. The van der Waals surface area contributed by atoms with E-state index in [9.17, 15) is 27.2 Å². The van der Waals surface area contributed by atoms with E-state index < -0.39 is 30.4 Å². The first-order valence-corrected chi connectivity index (χ1v) is 11.8. The summed E-state index contributed by atoms with van der Waals surface area (Å²) in [6.07, 6.45) is 1.53. The first-order valence-electron chi connectivity index (χ1n) is 9.61. The van der Waals surface area contributed by atoms with Gasteiger partial charge in [0.15, 0.2) is 46.3 Å². The van der Waals surface area contributed by atoms with E-state index in [1.165, 1.54) is 59.4 Å². The van der Waals surface area contributed by atoms with Gasteiger partial charge in [0.2, 0.25) is 0 Å². The zero-order valence-electron chi connectivity index (χ0n) is 19.3. The smallest absolute Gasteiger partial charge is 0.176 e. The highest BCUT2D eigenvalue weighted by Crippen LogP contribution is 2.28. The fourth-order valence-electron chi connectivity index (χ4n) is 2.43. The number of benzene rings is 3. The summed E-state index contributed by atoms with van der Waals surface area (Å²) in [6, 6.07) is 10.0. The van der Waals surface area contributed by atoms with Gasteiger partial charge in [0, 0.05) is 11.1 Å². The third kappa shape index (κ3) is 8.21. The normalized spacial score (nSPS) is 9.61. The van der Waals surface area contributed by atoms with Gasteiger partial charge in [-0.15, -0.1) is 0 Å². The van der Waals surface area contributed by atoms with Crippen LogP contribution in [0.2, 0.25) is 0 Å². The maximum atomic E-state index is 12.6. The largest absolute Gasteiger partial charge is 0.493 e. The lowest BCUT2D eigenvalue weighted by atomic mass is 10.2. The molecule has 0 amide bonds. The molecule has 0 fully saturated rings. The van der Waals surface area contributed by atoms with Crippen molar-refractivity contribution in [2.45, 2.75) is 0 Å². The average molecular weight is 734 g/mol. The van der Waals surface area contributed by atoms with Crippen molar-refractivity contribution < 1.29 is 46.1 Å². The highest BCUT2D eigenvalue weighted by atomic mass is 127. The molecule has 0 bridgehead atoms. The summed E-state index contributed by atoms with van der Waals surface area (Å²) in [4.78, 5) is 20.8. The molecule has 3 aromatic carbocycles. The fraction of sp³-hybridized carbons (Fsp3) is 0.167. The SMILES string of the molecule is COc1ccc(C=O)cc1OC.COc1ccc(C=O)cc1OC.Fc1c(F)c(I)c(F)c(F)c1I. The van der Waals surface area contributed by atoms with Crippen molar-refractivity contribution in [3.8, 4) is 23.0 Å². The van der Waals surface area contributed by atoms with E-state index in [1.54, 1.807) is 50.6 Å². The van der Waals surface area contributed by atoms with Crippen LogP contribution < -0.4 is 18.9 Å². The van der Waals surface area contributed by atoms with Gasteiger partial charge in [-0.2, -0.15) is 0 Å². The Bertz CT molecular complexity index is 1040. The summed E-state index contributed by atoms with van der Waals surface area (Å²) in [5.41, 5.74) is 1.15. The lowest BCUT2D eigenvalue weighted by molar-refractivity contribution is 0.111. The predicted molar refractivity (Wildman–Crippen MR) is 142 cm³/mol. The van der Waals surface area contributed by atoms with Crippen LogP contribution in [0, 0.1) is 30.4 Å². The zero-order valence-corrected chi connectivity index (χ0v) is 23.7. The van der Waals surface area contributed by atoms with E-state index >= 15 is 0 Å². The van der Waals surface area contributed by atoms with Crippen LogP contribution in [0.25, 0.3) is 0 Å². The molecular weight excluding hydrogens is 714 g/mol. The molecule has 0 saturated heterocycles. The number of rotatable bonds is 6. The van der Waals surface area contributed by atoms with Gasteiger partial charge >= 0.3 is 0 Å². The first-order chi connectivity index (χ1) is 17.1. The van der Waals surface area contributed by atoms with Crippen LogP contribution >= 0.6 is 45.2 Å². The van der Waals surface area contributed by atoms with Gasteiger partial charge in [-0.25, -0.2) is 17.6 Å². The van der Waals surface area contributed by atoms with Gasteiger partial charge < -0.3 is 18.9 Å². The predicted octanol–water partition coefficient (Wildman–Crippen LogP) is 6.48. The minimum absolute atomic E-state index is 0.571. The molecule has 194 valence electrons. The van der Waals surface area contributed by atoms with Crippen molar-refractivity contribution in [2.24, 2.45) is 0 Å². The lowest BCUT2D eigenvalue weighted by Gasteiger charge is -2.06. The second-order valence-electron chi connectivity index (χ2n) is 6.35. The van der Waals surface area contributed by atoms with Gasteiger partial charge in [-0.05, 0) is 81.6 Å². The third-order valence-electron chi connectivity index (χ3n) is 4.24. The van der Waals surface area contributed by atoms with Crippen LogP contribution in [-0.4, -0.2) is 41.0 Å². The van der Waals surface area contributed by atoms with E-state index in [1.807, 2.05) is 0 Å². The Hall–Kier alpha value is -2.62. The van der Waals surface area contributed by atoms with Gasteiger partial charge in [-0.3, -0.25) is 9.59 Å². The van der Waals surface area contributed by atoms with Crippen molar-refractivity contribution >= 4 is 57.8 Å². The second-order valence-corrected chi connectivity index (χ2v) is 8.51. The molecule has 6 nitrogen and oxygen atoms in total. The molecule has 3 aromatic rings. The van der Waals surface area contributed by atoms with E-state index in [4.69, 9.17) is 18.9 Å². The van der Waals surface area contributed by atoms with Crippen LogP contribution in [-0.2, 0) is 0 Å². The lowest BCUT2D eigenvalue weighted by Crippen LogP contribution is -2.02. The number of ether oxygens (including phenoxy) is 4. The van der Waals surface area contributed by atoms with Crippen LogP contribution in [0.5, 0.6) is 23.0 Å². The number of methoxy groups -OCH3 is 4. The second kappa shape index (κ2) is 15.5. The van der Waals surface area contributed by atoms with Gasteiger partial charge in [-0.1, -0.05) is 0 Å². The molecule has 0 N–H and O–H groups in total. The maximum Gasteiger partial charge on any atom is 0.176 e. The van der Waals surface area contributed by atoms with E-state index in [0.29, 0.717) is 34.1 Å². The van der Waals surface area contributed by atoms with Crippen LogP contribution in [0.4, 0.5) is 17.6 Å². The van der Waals surface area contributed by atoms with Crippen LogP contribution in [0.3, 0.4) is 0 Å². The maximum absolute atomic E-state index is 12.6. The van der Waals surface area contributed by atoms with E-state index in [0.717, 1.165) is 12.6 Å². The van der Waals surface area contributed by atoms with Crippen molar-refractivity contribution in [3.05, 3.63) is 77.9 Å². The summed E-state index contributed by atoms with van der Waals surface area (Å²) in [6.45, 7) is 0. The fourth-order valence-corrected chi connectivity index (χ4v) is 3.38. The van der Waals surface area contributed by atoms with Crippen molar-refractivity contribution in [3.63, 3.8) is 0 Å². The number of aldehydes is 2. The van der Waals surface area contributed by atoms with Crippen LogP contribution in [0.15, 0.2) is 36.4 Å². The molecule has 0 heterocycles. The van der Waals surface area contributed by atoms with Gasteiger partial charge in [0.05, 0.1) is 35.6 Å². The molecule has 3 rings (SSSR count). The molecule has 0 aromatic heterocycles. The molecule has 0 aliphatic heterocycles. The first kappa shape index (κ1) is 31.4. The number of hydrogen-bond acceptors (Lipinski definition) is 6. The Balaban J connectivity index is 0.000000270. The van der Waals surface area contributed by atoms with Gasteiger partial charge in [0.1, 0.15) is 12.6 Å². The minimum atomic E-state index is -1.35. The standard InChI is InChI=1S/2C9H10O3.C6F4I2/c2*1-11-8-4-3-7(6-10)5-9(8)12-2;7-1-2(8)6(12)4(10)3(9)5(1)11/h2*3-6H,1-2H3;. The molecule has 0 saturated carbocycles. The molecule has 0 aliphatic rings. The minimum Gasteiger partial charge on any atom is -0.493 e. The summed E-state index contributed by atoms with van der Waals surface area (Å²) < 4.78 is 69.2. The number of carbonyl (C=O) groups excluding carboxylic acids is 2. The van der Waals surface area contributed by atoms with Crippen molar-refractivity contribution in [1.29, 1.82) is 0 Å². The summed E-state index contributed by atoms with van der Waals surface area (Å²) >= 11 is 2.41. The van der Waals surface area contributed by atoms with Crippen molar-refractivity contribution in [1.82, 2.24) is 0 Å². The molecule has 0 unspecified atom stereocenters. The molecule has 12 heteroatoms. The van der Waals surface area contributed by atoms with Crippen molar-refractivity contribution in [2.75, 3.05) is 28.4 Å². The summed E-state index contributed by atoms with van der Waals surface area (Å²) in [7, 11) is 6.18. The summed E-state index contributed by atoms with van der Waals surface area (Å²) in [5, 5.41) is 0. The molecule has 0 radical (unpaired) electrons. The number of halogens is 6. The monoisotopic (exact) mass is 734 g/mol. The van der Waals surface area contributed by atoms with Crippen LogP contribution in [0.1, 0.15) is 20.7 Å². The van der Waals surface area contributed by atoms with E-state index in [2.05, 4.69) is 0 Å². The summed E-state index contributed by atoms with van der Waals surface area (Å²) in [5.74, 6) is -2.99. The molecule has 0 spiro atoms. The Morgan fingerprint density at radius 1 is 0.556 bits per heavy atom. The molecule has 0 aliphatic carbocycles. The Morgan fingerprint density at radius 2 is 0.833 bits per heavy atom. The highest BCUT2D eigenvalue weighted by molar-refractivity contribution is 14.1. The number of carbonyl (C=O) groups is 2. The Morgan fingerprint density at radius 3 is 1.06 bits per heavy atom. The molecule has 36 heavy (non-hydrogen) atoms. The zero-order chi connectivity index (χ0) is 27.4. The molecular formula is C24H20F4I2O6. The molecule has 0 atom stereocenters.